The molecule has 1 aromatic carbocycles. The molecular weight excluding hydrogens is 403 g/mol. The van der Waals surface area contributed by atoms with E-state index in [0.29, 0.717) is 18.9 Å². The molecule has 2 aromatic rings. The van der Waals surface area contributed by atoms with Gasteiger partial charge >= 0.3 is 11.7 Å². The first-order chi connectivity index (χ1) is 14.9. The molecule has 2 N–H and O–H groups in total. The Morgan fingerprint density at radius 2 is 2.10 bits per heavy atom. The predicted octanol–water partition coefficient (Wildman–Crippen LogP) is 0.935. The summed E-state index contributed by atoms with van der Waals surface area (Å²) in [6, 6.07) is 5.48. The highest BCUT2D eigenvalue weighted by Crippen LogP contribution is 2.18. The highest BCUT2D eigenvalue weighted by Gasteiger charge is 2.23. The molecule has 0 spiro atoms. The average Bonchev–Trinajstić information content (AvgIpc) is 2.76. The fraction of sp³-hybridized carbons (Fsp3) is 0.409. The van der Waals surface area contributed by atoms with Gasteiger partial charge in [-0.3, -0.25) is 13.9 Å². The summed E-state index contributed by atoms with van der Waals surface area (Å²) in [6.45, 7) is 2.62. The third kappa shape index (κ3) is 4.70. The van der Waals surface area contributed by atoms with Gasteiger partial charge in [-0.1, -0.05) is 18.1 Å². The maximum atomic E-state index is 14.8. The molecule has 1 aromatic heterocycles. The summed E-state index contributed by atoms with van der Waals surface area (Å²) >= 11 is 0. The van der Waals surface area contributed by atoms with Crippen LogP contribution >= 0.6 is 0 Å². The minimum absolute atomic E-state index is 0.0305. The molecule has 0 aliphatic carbocycles. The van der Waals surface area contributed by atoms with Gasteiger partial charge in [-0.2, -0.15) is 0 Å². The van der Waals surface area contributed by atoms with Crippen LogP contribution < -0.4 is 21.9 Å². The third-order valence-electron chi connectivity index (χ3n) is 5.27. The minimum Gasteiger partial charge on any atom is -0.465 e. The molecule has 0 bridgehead atoms. The first kappa shape index (κ1) is 22.3. The Morgan fingerprint density at radius 1 is 1.32 bits per heavy atom. The summed E-state index contributed by atoms with van der Waals surface area (Å²) in [5.41, 5.74) is 4.67. The summed E-state index contributed by atoms with van der Waals surface area (Å²) in [6.07, 6.45) is 1.73. The van der Waals surface area contributed by atoms with Gasteiger partial charge in [0.05, 0.1) is 25.8 Å². The largest absolute Gasteiger partial charge is 0.465 e. The van der Waals surface area contributed by atoms with Crippen molar-refractivity contribution in [3.63, 3.8) is 0 Å². The van der Waals surface area contributed by atoms with Crippen LogP contribution in [0.4, 0.5) is 10.2 Å². The third-order valence-corrected chi connectivity index (χ3v) is 5.27. The Kier molecular flexibility index (Phi) is 6.92. The number of ether oxygens (including phenoxy) is 1. The first-order valence-corrected chi connectivity index (χ1v) is 9.97. The van der Waals surface area contributed by atoms with Crippen LogP contribution in [0.15, 0.2) is 33.9 Å². The number of carbonyl (C=O) groups is 1. The van der Waals surface area contributed by atoms with E-state index in [1.807, 2.05) is 4.90 Å². The molecule has 0 unspecified atom stereocenters. The summed E-state index contributed by atoms with van der Waals surface area (Å²) in [4.78, 5) is 39.7. The molecule has 0 saturated carbocycles. The molecule has 3 rings (SSSR count). The van der Waals surface area contributed by atoms with Crippen molar-refractivity contribution >= 4 is 11.8 Å². The Bertz CT molecular complexity index is 1160. The van der Waals surface area contributed by atoms with Gasteiger partial charge < -0.3 is 15.4 Å². The smallest absolute Gasteiger partial charge is 0.340 e. The van der Waals surface area contributed by atoms with Crippen LogP contribution in [0.3, 0.4) is 0 Å². The van der Waals surface area contributed by atoms with Crippen molar-refractivity contribution < 1.29 is 13.9 Å². The van der Waals surface area contributed by atoms with Crippen LogP contribution in [-0.4, -0.2) is 41.3 Å². The highest BCUT2D eigenvalue weighted by molar-refractivity contribution is 5.89. The molecule has 1 aliphatic heterocycles. The van der Waals surface area contributed by atoms with E-state index in [0.717, 1.165) is 24.5 Å². The van der Waals surface area contributed by atoms with Crippen molar-refractivity contribution in [1.82, 2.24) is 9.13 Å². The van der Waals surface area contributed by atoms with Crippen LogP contribution in [-0.2, 0) is 17.8 Å². The number of anilines is 1. The molecule has 1 fully saturated rings. The standard InChI is InChI=1S/C22H25FN4O4/c1-3-4-11-26-18(25-10-6-8-16(24)14-25)12-19(28)27(22(26)30)13-15-7-5-9-17(20(15)23)21(29)31-2/h5,7,9,12,16H,6,8,10-11,13-14,24H2,1-2H3/t16-/m1/s1. The number of carbonyl (C=O) groups excluding carboxylic acids is 1. The highest BCUT2D eigenvalue weighted by atomic mass is 19.1. The molecule has 31 heavy (non-hydrogen) atoms. The second-order valence-corrected chi connectivity index (χ2v) is 7.34. The van der Waals surface area contributed by atoms with Crippen LogP contribution in [0.5, 0.6) is 0 Å². The number of halogens is 1. The molecule has 1 aliphatic rings. The Balaban J connectivity index is 2.08. The lowest BCUT2D eigenvalue weighted by molar-refractivity contribution is 0.0595. The van der Waals surface area contributed by atoms with Crippen molar-refractivity contribution in [2.45, 2.75) is 38.9 Å². The van der Waals surface area contributed by atoms with E-state index in [1.54, 1.807) is 6.92 Å². The SMILES string of the molecule is CC#CCn1c(N2CCC[C@@H](N)C2)cc(=O)n(Cc2cccc(C(=O)OC)c2F)c1=O. The van der Waals surface area contributed by atoms with Gasteiger partial charge in [-0.05, 0) is 25.8 Å². The number of aromatic nitrogens is 2. The van der Waals surface area contributed by atoms with Crippen molar-refractivity contribution in [2.24, 2.45) is 5.73 Å². The molecule has 0 amide bonds. The van der Waals surface area contributed by atoms with Crippen LogP contribution in [0.2, 0.25) is 0 Å². The first-order valence-electron chi connectivity index (χ1n) is 9.97. The van der Waals surface area contributed by atoms with Gasteiger partial charge in [-0.25, -0.2) is 14.0 Å². The number of hydrogen-bond acceptors (Lipinski definition) is 6. The topological polar surface area (TPSA) is 99.6 Å². The van der Waals surface area contributed by atoms with Crippen LogP contribution in [0.25, 0.3) is 0 Å². The number of nitrogens with zero attached hydrogens (tertiary/aromatic N) is 3. The monoisotopic (exact) mass is 428 g/mol. The zero-order chi connectivity index (χ0) is 22.5. The van der Waals surface area contributed by atoms with Crippen molar-refractivity contribution in [3.8, 4) is 11.8 Å². The normalized spacial score (nSPS) is 15.9. The predicted molar refractivity (Wildman–Crippen MR) is 115 cm³/mol. The van der Waals surface area contributed by atoms with E-state index in [9.17, 15) is 18.8 Å². The van der Waals surface area contributed by atoms with Gasteiger partial charge in [0, 0.05) is 30.8 Å². The van der Waals surface area contributed by atoms with E-state index in [1.165, 1.54) is 28.8 Å². The average molecular weight is 428 g/mol. The zero-order valence-electron chi connectivity index (χ0n) is 17.6. The quantitative estimate of drug-likeness (QED) is 0.562. The summed E-state index contributed by atoms with van der Waals surface area (Å²) < 4.78 is 21.7. The molecule has 9 heteroatoms. The second kappa shape index (κ2) is 9.62. The minimum atomic E-state index is -0.834. The number of nitrogens with two attached hydrogens (primary N) is 1. The van der Waals surface area contributed by atoms with Gasteiger partial charge in [0.2, 0.25) is 0 Å². The molecule has 1 atom stereocenters. The summed E-state index contributed by atoms with van der Waals surface area (Å²) in [7, 11) is 1.15. The summed E-state index contributed by atoms with van der Waals surface area (Å²) in [5, 5.41) is 0. The molecule has 1 saturated heterocycles. The van der Waals surface area contributed by atoms with Gasteiger partial charge in [0.25, 0.3) is 5.56 Å². The Hall–Kier alpha value is -3.38. The van der Waals surface area contributed by atoms with E-state index < -0.39 is 23.0 Å². The summed E-state index contributed by atoms with van der Waals surface area (Å²) in [5.74, 6) is 4.39. The fourth-order valence-corrected chi connectivity index (χ4v) is 3.68. The molecule has 0 radical (unpaired) electrons. The number of methoxy groups -OCH3 is 1. The van der Waals surface area contributed by atoms with Gasteiger partial charge in [0.15, 0.2) is 0 Å². The molecule has 164 valence electrons. The number of hydrogen-bond donors (Lipinski definition) is 1. The van der Waals surface area contributed by atoms with Crippen molar-refractivity contribution in [2.75, 3.05) is 25.1 Å². The van der Waals surface area contributed by atoms with Crippen LogP contribution in [0, 0.1) is 17.7 Å². The lowest BCUT2D eigenvalue weighted by Crippen LogP contribution is -2.48. The molecule has 8 nitrogen and oxygen atoms in total. The lowest BCUT2D eigenvalue weighted by atomic mass is 10.1. The maximum absolute atomic E-state index is 14.8. The van der Waals surface area contributed by atoms with E-state index in [4.69, 9.17) is 5.73 Å². The second-order valence-electron chi connectivity index (χ2n) is 7.34. The number of rotatable bonds is 5. The number of benzene rings is 1. The zero-order valence-corrected chi connectivity index (χ0v) is 17.6. The van der Waals surface area contributed by atoms with Gasteiger partial charge in [0.1, 0.15) is 11.6 Å². The van der Waals surface area contributed by atoms with E-state index in [2.05, 4.69) is 16.6 Å². The Morgan fingerprint density at radius 3 is 2.77 bits per heavy atom. The van der Waals surface area contributed by atoms with E-state index >= 15 is 0 Å². The molecular formula is C22H25FN4O4. The lowest BCUT2D eigenvalue weighted by Gasteiger charge is -2.33. The van der Waals surface area contributed by atoms with Crippen LogP contribution in [0.1, 0.15) is 35.7 Å². The number of esters is 1. The van der Waals surface area contributed by atoms with Gasteiger partial charge in [-0.15, -0.1) is 5.92 Å². The fourth-order valence-electron chi connectivity index (χ4n) is 3.68. The number of piperidine rings is 1. The Labute approximate surface area is 179 Å². The molecule has 2 heterocycles. The van der Waals surface area contributed by atoms with E-state index in [-0.39, 0.29) is 30.3 Å². The van der Waals surface area contributed by atoms with Crippen molar-refractivity contribution in [3.05, 3.63) is 62.0 Å². The van der Waals surface area contributed by atoms with Crippen molar-refractivity contribution in [1.29, 1.82) is 0 Å². The maximum Gasteiger partial charge on any atom is 0.340 e.